The first-order valence-electron chi connectivity index (χ1n) is 8.68. The van der Waals surface area contributed by atoms with Crippen molar-refractivity contribution in [2.75, 3.05) is 11.9 Å². The second kappa shape index (κ2) is 8.34. The average molecular weight is 381 g/mol. The zero-order chi connectivity index (χ0) is 20.1. The second-order valence-corrected chi connectivity index (χ2v) is 6.20. The van der Waals surface area contributed by atoms with Gasteiger partial charge in [-0.3, -0.25) is 14.5 Å². The fourth-order valence-corrected chi connectivity index (χ4v) is 2.69. The van der Waals surface area contributed by atoms with Crippen molar-refractivity contribution >= 4 is 29.5 Å². The van der Waals surface area contributed by atoms with E-state index in [0.29, 0.717) is 11.3 Å². The summed E-state index contributed by atoms with van der Waals surface area (Å²) in [7, 11) is 0. The zero-order valence-corrected chi connectivity index (χ0v) is 15.2. The van der Waals surface area contributed by atoms with Crippen molar-refractivity contribution in [1.29, 1.82) is 0 Å². The number of esters is 1. The van der Waals surface area contributed by atoms with Crippen molar-refractivity contribution in [3.8, 4) is 0 Å². The summed E-state index contributed by atoms with van der Waals surface area (Å²) in [5.74, 6) is -1.55. The number of urea groups is 1. The molecule has 1 fully saturated rings. The van der Waals surface area contributed by atoms with E-state index in [2.05, 4.69) is 10.6 Å². The molecule has 0 unspecified atom stereocenters. The van der Waals surface area contributed by atoms with E-state index >= 15 is 0 Å². The van der Waals surface area contributed by atoms with Crippen LogP contribution in [-0.2, 0) is 20.9 Å². The summed E-state index contributed by atoms with van der Waals surface area (Å²) >= 11 is 0. The molecule has 1 aliphatic rings. The molecule has 0 aromatic heterocycles. The Bertz CT molecular complexity index is 897. The highest BCUT2D eigenvalue weighted by atomic mass is 16.5. The number of hydrogen-bond acceptors (Lipinski definition) is 5. The lowest BCUT2D eigenvalue weighted by molar-refractivity contribution is -0.125. The molecule has 1 aliphatic heterocycles. The fourth-order valence-electron chi connectivity index (χ4n) is 2.69. The summed E-state index contributed by atoms with van der Waals surface area (Å²) in [6.45, 7) is 1.35. The van der Waals surface area contributed by atoms with Crippen molar-refractivity contribution in [2.45, 2.75) is 19.6 Å². The van der Waals surface area contributed by atoms with Gasteiger partial charge in [-0.05, 0) is 30.7 Å². The first kappa shape index (κ1) is 19.1. The molecule has 1 heterocycles. The van der Waals surface area contributed by atoms with E-state index in [1.165, 1.54) is 13.0 Å². The number of imide groups is 1. The molecule has 8 heteroatoms. The highest BCUT2D eigenvalue weighted by Crippen LogP contribution is 2.16. The molecule has 0 aliphatic carbocycles. The highest BCUT2D eigenvalue weighted by Gasteiger charge is 2.30. The van der Waals surface area contributed by atoms with Gasteiger partial charge in [0.15, 0.2) is 6.10 Å². The molecule has 1 atom stereocenters. The van der Waals surface area contributed by atoms with Crippen LogP contribution in [0, 0.1) is 0 Å². The third-order valence-corrected chi connectivity index (χ3v) is 4.20. The minimum atomic E-state index is -1.03. The number of hydrogen-bond donors (Lipinski definition) is 2. The van der Waals surface area contributed by atoms with Gasteiger partial charge in [0.1, 0.15) is 0 Å². The lowest BCUT2D eigenvalue weighted by atomic mass is 10.1. The molecule has 1 saturated heterocycles. The van der Waals surface area contributed by atoms with Gasteiger partial charge in [-0.15, -0.1) is 0 Å². The molecule has 4 amide bonds. The van der Waals surface area contributed by atoms with Crippen molar-refractivity contribution in [3.05, 3.63) is 65.7 Å². The fraction of sp³-hybridized carbons (Fsp3) is 0.200. The number of rotatable bonds is 6. The Labute approximate surface area is 161 Å². The summed E-state index contributed by atoms with van der Waals surface area (Å²) in [5.41, 5.74) is 1.23. The van der Waals surface area contributed by atoms with Gasteiger partial charge in [0.05, 0.1) is 18.7 Å². The van der Waals surface area contributed by atoms with Crippen LogP contribution in [0.15, 0.2) is 54.6 Å². The first-order chi connectivity index (χ1) is 13.5. The minimum absolute atomic E-state index is 0.0550. The molecule has 0 radical (unpaired) electrons. The summed E-state index contributed by atoms with van der Waals surface area (Å²) in [5, 5.41) is 5.09. The van der Waals surface area contributed by atoms with Crippen molar-refractivity contribution < 1.29 is 23.9 Å². The molecule has 8 nitrogen and oxygen atoms in total. The Morgan fingerprint density at radius 3 is 2.46 bits per heavy atom. The molecule has 0 spiro atoms. The quantitative estimate of drug-likeness (QED) is 0.588. The SMILES string of the molecule is C[C@H](OC(=O)c1ccccc1CN1C(=O)CNC1=O)C(=O)Nc1ccccc1. The third kappa shape index (κ3) is 4.35. The Morgan fingerprint density at radius 2 is 1.79 bits per heavy atom. The highest BCUT2D eigenvalue weighted by molar-refractivity contribution is 6.02. The number of benzene rings is 2. The standard InChI is InChI=1S/C20H19N3O5/c1-13(18(25)22-15-8-3-2-4-9-15)28-19(26)16-10-6-5-7-14(16)12-23-17(24)11-21-20(23)27/h2-10,13H,11-12H2,1H3,(H,21,27)(H,22,25)/t13-/m0/s1. The van der Waals surface area contributed by atoms with Crippen LogP contribution in [-0.4, -0.2) is 41.4 Å². The number of nitrogens with zero attached hydrogens (tertiary/aromatic N) is 1. The van der Waals surface area contributed by atoms with E-state index in [9.17, 15) is 19.2 Å². The van der Waals surface area contributed by atoms with E-state index in [4.69, 9.17) is 4.74 Å². The van der Waals surface area contributed by atoms with Gasteiger partial charge in [-0.25, -0.2) is 9.59 Å². The Kier molecular flexibility index (Phi) is 5.69. The van der Waals surface area contributed by atoms with Gasteiger partial charge in [-0.2, -0.15) is 0 Å². The number of ether oxygens (including phenoxy) is 1. The summed E-state index contributed by atoms with van der Waals surface area (Å²) < 4.78 is 5.27. The van der Waals surface area contributed by atoms with Crippen LogP contribution in [0.25, 0.3) is 0 Å². The largest absolute Gasteiger partial charge is 0.449 e. The molecule has 144 valence electrons. The van der Waals surface area contributed by atoms with Crippen molar-refractivity contribution in [3.63, 3.8) is 0 Å². The van der Waals surface area contributed by atoms with E-state index in [1.54, 1.807) is 42.5 Å². The first-order valence-corrected chi connectivity index (χ1v) is 8.68. The lowest BCUT2D eigenvalue weighted by Gasteiger charge is -2.17. The Hall–Kier alpha value is -3.68. The van der Waals surface area contributed by atoms with Crippen LogP contribution >= 0.6 is 0 Å². The number of carbonyl (C=O) groups is 4. The normalized spacial score (nSPS) is 14.4. The molecule has 28 heavy (non-hydrogen) atoms. The van der Waals surface area contributed by atoms with E-state index < -0.39 is 24.0 Å². The molecule has 2 aromatic rings. The Morgan fingerprint density at radius 1 is 1.11 bits per heavy atom. The van der Waals surface area contributed by atoms with Crippen molar-refractivity contribution in [1.82, 2.24) is 10.2 Å². The molecule has 0 saturated carbocycles. The number of nitrogens with one attached hydrogen (secondary N) is 2. The zero-order valence-electron chi connectivity index (χ0n) is 15.2. The molecule has 2 aromatic carbocycles. The third-order valence-electron chi connectivity index (χ3n) is 4.20. The van der Waals surface area contributed by atoms with E-state index in [0.717, 1.165) is 4.90 Å². The topological polar surface area (TPSA) is 105 Å². The van der Waals surface area contributed by atoms with Crippen LogP contribution in [0.1, 0.15) is 22.8 Å². The van der Waals surface area contributed by atoms with E-state index in [-0.39, 0.29) is 24.6 Å². The number of anilines is 1. The smallest absolute Gasteiger partial charge is 0.339 e. The summed E-state index contributed by atoms with van der Waals surface area (Å²) in [4.78, 5) is 49.3. The predicted octanol–water partition coefficient (Wildman–Crippen LogP) is 1.92. The summed E-state index contributed by atoms with van der Waals surface area (Å²) in [6.07, 6.45) is -1.03. The second-order valence-electron chi connectivity index (χ2n) is 6.20. The maximum absolute atomic E-state index is 12.6. The monoisotopic (exact) mass is 381 g/mol. The van der Waals surface area contributed by atoms with Crippen LogP contribution in [0.2, 0.25) is 0 Å². The number of carbonyl (C=O) groups excluding carboxylic acids is 4. The number of amides is 4. The van der Waals surface area contributed by atoms with Gasteiger partial charge < -0.3 is 15.4 Å². The molecule has 2 N–H and O–H groups in total. The summed E-state index contributed by atoms with van der Waals surface area (Å²) in [6, 6.07) is 14.8. The maximum atomic E-state index is 12.6. The maximum Gasteiger partial charge on any atom is 0.339 e. The van der Waals surface area contributed by atoms with Gasteiger partial charge >= 0.3 is 12.0 Å². The van der Waals surface area contributed by atoms with Gasteiger partial charge in [0.2, 0.25) is 5.91 Å². The Balaban J connectivity index is 1.68. The minimum Gasteiger partial charge on any atom is -0.449 e. The predicted molar refractivity (Wildman–Crippen MR) is 100 cm³/mol. The van der Waals surface area contributed by atoms with Gasteiger partial charge in [-0.1, -0.05) is 36.4 Å². The molecule has 0 bridgehead atoms. The van der Waals surface area contributed by atoms with E-state index in [1.807, 2.05) is 6.07 Å². The van der Waals surface area contributed by atoms with Crippen molar-refractivity contribution in [2.24, 2.45) is 0 Å². The van der Waals surface area contributed by atoms with Crippen LogP contribution in [0.5, 0.6) is 0 Å². The van der Waals surface area contributed by atoms with Gasteiger partial charge in [0.25, 0.3) is 5.91 Å². The van der Waals surface area contributed by atoms with Crippen LogP contribution in [0.3, 0.4) is 0 Å². The molecule has 3 rings (SSSR count). The molecular weight excluding hydrogens is 362 g/mol. The lowest BCUT2D eigenvalue weighted by Crippen LogP contribution is -2.32. The number of para-hydroxylation sites is 1. The molecular formula is C20H19N3O5. The van der Waals surface area contributed by atoms with Gasteiger partial charge in [0, 0.05) is 5.69 Å². The van der Waals surface area contributed by atoms with Crippen LogP contribution in [0.4, 0.5) is 10.5 Å². The van der Waals surface area contributed by atoms with Crippen LogP contribution < -0.4 is 10.6 Å². The average Bonchev–Trinajstić information content (AvgIpc) is 3.01.